The van der Waals surface area contributed by atoms with E-state index in [1.165, 1.54) is 0 Å². The molecule has 0 unspecified atom stereocenters. The Kier molecular flexibility index (Phi) is 4.93. The molecule has 3 rings (SSSR count). The summed E-state index contributed by atoms with van der Waals surface area (Å²) in [6.07, 6.45) is 5.34. The van der Waals surface area contributed by atoms with Crippen LogP contribution >= 0.6 is 23.2 Å². The summed E-state index contributed by atoms with van der Waals surface area (Å²) in [6.45, 7) is 2.80. The number of rotatable bonds is 2. The predicted octanol–water partition coefficient (Wildman–Crippen LogP) is 5.30. The first kappa shape index (κ1) is 16.3. The molecule has 1 aromatic heterocycles. The zero-order chi connectivity index (χ0) is 16.4. The lowest BCUT2D eigenvalue weighted by Gasteiger charge is -2.34. The normalized spacial score (nSPS) is 18.2. The molecule has 1 atom stereocenters. The zero-order valence-electron chi connectivity index (χ0n) is 12.9. The van der Waals surface area contributed by atoms with Gasteiger partial charge in [-0.15, -0.1) is 0 Å². The van der Waals surface area contributed by atoms with Crippen LogP contribution in [0.25, 0.3) is 10.9 Å². The Morgan fingerprint density at radius 2 is 2.22 bits per heavy atom. The molecule has 1 aromatic carbocycles. The molecule has 0 aliphatic carbocycles. The highest BCUT2D eigenvalue weighted by Gasteiger charge is 2.28. The van der Waals surface area contributed by atoms with E-state index in [9.17, 15) is 4.79 Å². The van der Waals surface area contributed by atoms with E-state index in [0.717, 1.165) is 25.7 Å². The molecule has 1 fully saturated rings. The van der Waals surface area contributed by atoms with Crippen molar-refractivity contribution >= 4 is 40.2 Å². The van der Waals surface area contributed by atoms with Crippen LogP contribution in [0.2, 0.25) is 10.0 Å². The van der Waals surface area contributed by atoms with E-state index in [1.807, 2.05) is 6.07 Å². The summed E-state index contributed by atoms with van der Waals surface area (Å²) in [5, 5.41) is 1.49. The molecule has 122 valence electrons. The minimum Gasteiger partial charge on any atom is -0.406 e. The van der Waals surface area contributed by atoms with Crippen molar-refractivity contribution in [3.63, 3.8) is 0 Å². The number of nitrogens with zero attached hydrogens (tertiary/aromatic N) is 2. The van der Waals surface area contributed by atoms with E-state index in [2.05, 4.69) is 11.9 Å². The highest BCUT2D eigenvalue weighted by atomic mass is 35.5. The average Bonchev–Trinajstić information content (AvgIpc) is 2.58. The highest BCUT2D eigenvalue weighted by Crippen LogP contribution is 2.37. The van der Waals surface area contributed by atoms with Crippen molar-refractivity contribution in [2.45, 2.75) is 38.6 Å². The van der Waals surface area contributed by atoms with Gasteiger partial charge in [0.15, 0.2) is 5.75 Å². The Morgan fingerprint density at radius 3 is 3.00 bits per heavy atom. The van der Waals surface area contributed by atoms with Crippen molar-refractivity contribution in [2.24, 2.45) is 0 Å². The van der Waals surface area contributed by atoms with Crippen LogP contribution in [0.15, 0.2) is 24.4 Å². The summed E-state index contributed by atoms with van der Waals surface area (Å²) in [7, 11) is 0. The van der Waals surface area contributed by atoms with Crippen molar-refractivity contribution in [2.75, 3.05) is 6.54 Å². The predicted molar refractivity (Wildman–Crippen MR) is 92.4 cm³/mol. The van der Waals surface area contributed by atoms with Gasteiger partial charge in [-0.2, -0.15) is 0 Å². The Bertz CT molecular complexity index is 736. The van der Waals surface area contributed by atoms with Gasteiger partial charge in [-0.3, -0.25) is 4.98 Å². The van der Waals surface area contributed by atoms with Gasteiger partial charge in [-0.05, 0) is 43.9 Å². The number of benzene rings is 1. The molecule has 0 saturated carbocycles. The molecule has 1 aliphatic rings. The number of likely N-dealkylation sites (tertiary alicyclic amines) is 1. The third-order valence-electron chi connectivity index (χ3n) is 4.27. The second-order valence-corrected chi connectivity index (χ2v) is 6.50. The highest BCUT2D eigenvalue weighted by molar-refractivity contribution is 6.39. The van der Waals surface area contributed by atoms with Crippen LogP contribution in [-0.4, -0.2) is 28.6 Å². The third-order valence-corrected chi connectivity index (χ3v) is 4.87. The largest absolute Gasteiger partial charge is 0.415 e. The van der Waals surface area contributed by atoms with E-state index in [1.54, 1.807) is 23.2 Å². The van der Waals surface area contributed by atoms with Crippen molar-refractivity contribution in [1.82, 2.24) is 9.88 Å². The van der Waals surface area contributed by atoms with Crippen LogP contribution in [0.5, 0.6) is 5.75 Å². The molecule has 0 spiro atoms. The Balaban J connectivity index is 1.93. The van der Waals surface area contributed by atoms with E-state index in [0.29, 0.717) is 27.5 Å². The summed E-state index contributed by atoms with van der Waals surface area (Å²) in [4.78, 5) is 18.7. The first-order chi connectivity index (χ1) is 11.1. The molecule has 0 bridgehead atoms. The Labute approximate surface area is 145 Å². The van der Waals surface area contributed by atoms with E-state index in [-0.39, 0.29) is 17.9 Å². The lowest BCUT2D eigenvalue weighted by molar-refractivity contribution is 0.112. The monoisotopic (exact) mass is 352 g/mol. The molecule has 0 radical (unpaired) electrons. The first-order valence-corrected chi connectivity index (χ1v) is 8.58. The van der Waals surface area contributed by atoms with Crippen molar-refractivity contribution < 1.29 is 9.53 Å². The third kappa shape index (κ3) is 3.24. The number of ether oxygens (including phenoxy) is 1. The maximum Gasteiger partial charge on any atom is 0.415 e. The minimum atomic E-state index is -0.368. The summed E-state index contributed by atoms with van der Waals surface area (Å²) >= 11 is 12.4. The van der Waals surface area contributed by atoms with Crippen LogP contribution in [0.1, 0.15) is 32.6 Å². The fraction of sp³-hybridized carbons (Fsp3) is 0.412. The number of piperidine rings is 1. The minimum absolute atomic E-state index is 0.224. The smallest absolute Gasteiger partial charge is 0.406 e. The van der Waals surface area contributed by atoms with Crippen molar-refractivity contribution in [1.29, 1.82) is 0 Å². The molecule has 1 aliphatic heterocycles. The number of amides is 1. The lowest BCUT2D eigenvalue weighted by atomic mass is 10.0. The van der Waals surface area contributed by atoms with Crippen LogP contribution in [0.3, 0.4) is 0 Å². The molecule has 23 heavy (non-hydrogen) atoms. The number of hydrogen-bond acceptors (Lipinski definition) is 3. The fourth-order valence-corrected chi connectivity index (χ4v) is 3.61. The molecular weight excluding hydrogens is 335 g/mol. The number of pyridine rings is 1. The fourth-order valence-electron chi connectivity index (χ4n) is 3.06. The SMILES string of the molecule is CC[C@H]1CCCCN1C(=O)Oc1c(Cl)cc(Cl)c2cccnc12. The second-order valence-electron chi connectivity index (χ2n) is 5.69. The van der Waals surface area contributed by atoms with Gasteiger partial charge in [0, 0.05) is 24.2 Å². The van der Waals surface area contributed by atoms with Gasteiger partial charge in [-0.1, -0.05) is 30.1 Å². The first-order valence-electron chi connectivity index (χ1n) is 7.83. The average molecular weight is 353 g/mol. The number of hydrogen-bond donors (Lipinski definition) is 0. The summed E-state index contributed by atoms with van der Waals surface area (Å²) in [6, 6.07) is 5.42. The molecule has 2 heterocycles. The van der Waals surface area contributed by atoms with Gasteiger partial charge in [-0.25, -0.2) is 4.79 Å². The molecule has 6 heteroatoms. The van der Waals surface area contributed by atoms with Gasteiger partial charge in [0.1, 0.15) is 5.52 Å². The van der Waals surface area contributed by atoms with Gasteiger partial charge in [0.25, 0.3) is 0 Å². The molecule has 0 N–H and O–H groups in total. The topological polar surface area (TPSA) is 42.4 Å². The molecule has 1 saturated heterocycles. The van der Waals surface area contributed by atoms with E-state index >= 15 is 0 Å². The van der Waals surface area contributed by atoms with Gasteiger partial charge >= 0.3 is 6.09 Å². The summed E-state index contributed by atoms with van der Waals surface area (Å²) in [5.74, 6) is 0.275. The number of fused-ring (bicyclic) bond motifs is 1. The van der Waals surface area contributed by atoms with Crippen molar-refractivity contribution in [3.8, 4) is 5.75 Å². The van der Waals surface area contributed by atoms with Crippen LogP contribution < -0.4 is 4.74 Å². The van der Waals surface area contributed by atoms with E-state index in [4.69, 9.17) is 27.9 Å². The number of halogens is 2. The van der Waals surface area contributed by atoms with E-state index < -0.39 is 0 Å². The zero-order valence-corrected chi connectivity index (χ0v) is 14.4. The summed E-state index contributed by atoms with van der Waals surface area (Å²) < 4.78 is 5.62. The Morgan fingerprint density at radius 1 is 1.39 bits per heavy atom. The Hall–Kier alpha value is -1.52. The maximum absolute atomic E-state index is 12.6. The number of aromatic nitrogens is 1. The number of carbonyl (C=O) groups excluding carboxylic acids is 1. The van der Waals surface area contributed by atoms with Gasteiger partial charge in [0.2, 0.25) is 0 Å². The number of carbonyl (C=O) groups is 1. The maximum atomic E-state index is 12.6. The van der Waals surface area contributed by atoms with Crippen LogP contribution in [0.4, 0.5) is 4.79 Å². The standard InChI is InChI=1S/C17H18Cl2N2O2/c1-2-11-6-3-4-9-21(11)17(22)23-16-14(19)10-13(18)12-7-5-8-20-15(12)16/h5,7-8,10-11H,2-4,6,9H2,1H3/t11-/m0/s1. The molecule has 1 amide bonds. The van der Waals surface area contributed by atoms with Crippen LogP contribution in [0, 0.1) is 0 Å². The molecular formula is C17H18Cl2N2O2. The van der Waals surface area contributed by atoms with Gasteiger partial charge < -0.3 is 9.64 Å². The van der Waals surface area contributed by atoms with Gasteiger partial charge in [0.05, 0.1) is 10.0 Å². The van der Waals surface area contributed by atoms with Crippen LogP contribution in [-0.2, 0) is 0 Å². The van der Waals surface area contributed by atoms with Crippen molar-refractivity contribution in [3.05, 3.63) is 34.4 Å². The molecule has 2 aromatic rings. The second kappa shape index (κ2) is 6.93. The summed E-state index contributed by atoms with van der Waals surface area (Å²) in [5.41, 5.74) is 0.503. The lowest BCUT2D eigenvalue weighted by Crippen LogP contribution is -2.44. The molecule has 4 nitrogen and oxygen atoms in total. The quantitative estimate of drug-likeness (QED) is 0.735.